The Labute approximate surface area is 142 Å². The minimum Gasteiger partial charge on any atom is -0.363 e. The molecular weight excluding hydrogens is 338 g/mol. The number of nitrogens with zero attached hydrogens (tertiary/aromatic N) is 1. The van der Waals surface area contributed by atoms with Gasteiger partial charge < -0.3 is 4.90 Å². The third-order valence-electron chi connectivity index (χ3n) is 3.76. The predicted octanol–water partition coefficient (Wildman–Crippen LogP) is 3.81. The zero-order chi connectivity index (χ0) is 17.1. The second-order valence-corrected chi connectivity index (χ2v) is 5.89. The van der Waals surface area contributed by atoms with Gasteiger partial charge in [-0.3, -0.25) is 15.1 Å². The van der Waals surface area contributed by atoms with Crippen molar-refractivity contribution in [3.05, 3.63) is 59.1 Å². The number of ketones is 1. The summed E-state index contributed by atoms with van der Waals surface area (Å²) in [6, 6.07) is 11.2. The smallest absolute Gasteiger partial charge is 0.167 e. The molecule has 0 bridgehead atoms. The predicted molar refractivity (Wildman–Crippen MR) is 88.1 cm³/mol. The second kappa shape index (κ2) is 7.15. The van der Waals surface area contributed by atoms with Gasteiger partial charge in [0.05, 0.1) is 12.2 Å². The number of hydrogen-bond acceptors (Lipinski definition) is 4. The fraction of sp³-hybridized carbons (Fsp3) is 0.235. The van der Waals surface area contributed by atoms with E-state index in [9.17, 15) is 13.6 Å². The van der Waals surface area contributed by atoms with Crippen molar-refractivity contribution in [2.24, 2.45) is 0 Å². The van der Waals surface area contributed by atoms with Gasteiger partial charge in [-0.2, -0.15) is 0 Å². The van der Waals surface area contributed by atoms with Gasteiger partial charge in [-0.25, -0.2) is 8.78 Å². The minimum atomic E-state index is -0.826. The van der Waals surface area contributed by atoms with Crippen LogP contribution in [0, 0.1) is 11.6 Å². The van der Waals surface area contributed by atoms with Crippen molar-refractivity contribution in [1.29, 1.82) is 0 Å². The zero-order valence-electron chi connectivity index (χ0n) is 12.6. The lowest BCUT2D eigenvalue weighted by molar-refractivity contribution is -0.129. The maximum absolute atomic E-state index is 14.1. The molecule has 7 heteroatoms. The number of benzene rings is 2. The molecule has 1 fully saturated rings. The second-order valence-electron chi connectivity index (χ2n) is 5.45. The fourth-order valence-corrected chi connectivity index (χ4v) is 2.78. The summed E-state index contributed by atoms with van der Waals surface area (Å²) in [6.45, 7) is 0.271. The largest absolute Gasteiger partial charge is 0.363 e. The summed E-state index contributed by atoms with van der Waals surface area (Å²) < 4.78 is 28.1. The Morgan fingerprint density at radius 2 is 1.83 bits per heavy atom. The summed E-state index contributed by atoms with van der Waals surface area (Å²) in [5, 5.41) is -0.0135. The average molecular weight is 353 g/mol. The summed E-state index contributed by atoms with van der Waals surface area (Å²) in [4.78, 5) is 18.9. The SMILES string of the molecule is O=C1CCN(c2c(F)cc(Cl)cc2F)CC1ONc1ccccc1. The number of anilines is 2. The molecule has 24 heavy (non-hydrogen) atoms. The Kier molecular flexibility index (Phi) is 4.97. The van der Waals surface area contributed by atoms with Gasteiger partial charge >= 0.3 is 0 Å². The molecule has 1 aliphatic rings. The van der Waals surface area contributed by atoms with Gasteiger partial charge in [-0.05, 0) is 24.3 Å². The van der Waals surface area contributed by atoms with Crippen LogP contribution >= 0.6 is 11.6 Å². The number of carbonyl (C=O) groups is 1. The van der Waals surface area contributed by atoms with E-state index in [1.807, 2.05) is 18.2 Å². The van der Waals surface area contributed by atoms with Crippen molar-refractivity contribution in [2.45, 2.75) is 12.5 Å². The third-order valence-corrected chi connectivity index (χ3v) is 3.98. The van der Waals surface area contributed by atoms with Gasteiger partial charge in [0, 0.05) is 18.0 Å². The lowest BCUT2D eigenvalue weighted by Gasteiger charge is -2.33. The lowest BCUT2D eigenvalue weighted by Crippen LogP contribution is -2.47. The number of nitrogens with one attached hydrogen (secondary N) is 1. The Morgan fingerprint density at radius 3 is 2.50 bits per heavy atom. The maximum Gasteiger partial charge on any atom is 0.167 e. The topological polar surface area (TPSA) is 41.6 Å². The third kappa shape index (κ3) is 3.66. The first-order valence-corrected chi connectivity index (χ1v) is 7.81. The molecule has 3 rings (SSSR count). The Bertz CT molecular complexity index is 720. The number of hydrogen-bond donors (Lipinski definition) is 1. The van der Waals surface area contributed by atoms with E-state index >= 15 is 0 Å². The van der Waals surface area contributed by atoms with Gasteiger partial charge in [-0.15, -0.1) is 0 Å². The molecule has 0 radical (unpaired) electrons. The van der Waals surface area contributed by atoms with Crippen LogP contribution in [-0.2, 0) is 9.63 Å². The van der Waals surface area contributed by atoms with Crippen LogP contribution in [0.25, 0.3) is 0 Å². The number of piperidine rings is 1. The molecule has 1 saturated heterocycles. The fourth-order valence-electron chi connectivity index (χ4n) is 2.59. The van der Waals surface area contributed by atoms with Gasteiger partial charge in [0.15, 0.2) is 23.5 Å². The Balaban J connectivity index is 1.73. The molecule has 1 heterocycles. The van der Waals surface area contributed by atoms with Crippen molar-refractivity contribution >= 4 is 28.8 Å². The van der Waals surface area contributed by atoms with E-state index in [0.29, 0.717) is 5.69 Å². The van der Waals surface area contributed by atoms with E-state index in [2.05, 4.69) is 5.48 Å². The first-order chi connectivity index (χ1) is 11.5. The van der Waals surface area contributed by atoms with Crippen molar-refractivity contribution in [2.75, 3.05) is 23.5 Å². The number of Topliss-reactive ketones (excluding diaryl/α,β-unsaturated/α-hetero) is 1. The van der Waals surface area contributed by atoms with Crippen LogP contribution in [0.2, 0.25) is 5.02 Å². The van der Waals surface area contributed by atoms with Crippen LogP contribution in [0.5, 0.6) is 0 Å². The van der Waals surface area contributed by atoms with Crippen LogP contribution in [0.3, 0.4) is 0 Å². The Morgan fingerprint density at radius 1 is 1.17 bits per heavy atom. The standard InChI is InChI=1S/C17H15ClF2N2O2/c18-11-8-13(19)17(14(20)9-11)22-7-6-15(23)16(10-22)24-21-12-4-2-1-3-5-12/h1-5,8-9,16,21H,6-7,10H2. The van der Waals surface area contributed by atoms with E-state index in [1.54, 1.807) is 12.1 Å². The van der Waals surface area contributed by atoms with Crippen molar-refractivity contribution < 1.29 is 18.4 Å². The summed E-state index contributed by atoms with van der Waals surface area (Å²) >= 11 is 5.64. The highest BCUT2D eigenvalue weighted by Crippen LogP contribution is 2.29. The lowest BCUT2D eigenvalue weighted by atomic mass is 10.1. The molecule has 2 aromatic rings. The average Bonchev–Trinajstić information content (AvgIpc) is 2.55. The zero-order valence-corrected chi connectivity index (χ0v) is 13.4. The molecule has 2 aromatic carbocycles. The van der Waals surface area contributed by atoms with E-state index < -0.39 is 17.7 Å². The molecule has 4 nitrogen and oxygen atoms in total. The van der Waals surface area contributed by atoms with Crippen LogP contribution in [0.1, 0.15) is 6.42 Å². The van der Waals surface area contributed by atoms with Crippen LogP contribution in [0.15, 0.2) is 42.5 Å². The summed E-state index contributed by atoms with van der Waals surface area (Å²) in [5.41, 5.74) is 3.19. The molecule has 1 N–H and O–H groups in total. The molecule has 0 aromatic heterocycles. The van der Waals surface area contributed by atoms with Gasteiger partial charge in [0.2, 0.25) is 0 Å². The molecular formula is C17H15ClF2N2O2. The van der Waals surface area contributed by atoms with Crippen molar-refractivity contribution in [1.82, 2.24) is 0 Å². The molecule has 0 amide bonds. The molecule has 0 spiro atoms. The molecule has 1 aliphatic heterocycles. The highest BCUT2D eigenvalue weighted by molar-refractivity contribution is 6.30. The highest BCUT2D eigenvalue weighted by atomic mass is 35.5. The molecule has 1 atom stereocenters. The molecule has 0 saturated carbocycles. The number of carbonyl (C=O) groups excluding carboxylic acids is 1. The van der Waals surface area contributed by atoms with Gasteiger partial charge in [0.25, 0.3) is 0 Å². The molecule has 126 valence electrons. The summed E-state index contributed by atoms with van der Waals surface area (Å²) in [7, 11) is 0. The van der Waals surface area contributed by atoms with Crippen molar-refractivity contribution in [3.8, 4) is 0 Å². The molecule has 0 aliphatic carbocycles. The van der Waals surface area contributed by atoms with Crippen LogP contribution in [0.4, 0.5) is 20.2 Å². The van der Waals surface area contributed by atoms with E-state index in [4.69, 9.17) is 16.4 Å². The highest BCUT2D eigenvalue weighted by Gasteiger charge is 2.31. The van der Waals surface area contributed by atoms with Crippen LogP contribution in [-0.4, -0.2) is 25.0 Å². The summed E-state index contributed by atoms with van der Waals surface area (Å²) in [5.74, 6) is -1.64. The van der Waals surface area contributed by atoms with Crippen molar-refractivity contribution in [3.63, 3.8) is 0 Å². The Hall–Kier alpha value is -2.18. The first-order valence-electron chi connectivity index (χ1n) is 7.43. The van der Waals surface area contributed by atoms with E-state index in [1.165, 1.54) is 4.90 Å². The summed E-state index contributed by atoms with van der Waals surface area (Å²) in [6.07, 6.45) is -0.684. The minimum absolute atomic E-state index is 0.0135. The van der Waals surface area contributed by atoms with Gasteiger partial charge in [0.1, 0.15) is 5.69 Å². The van der Waals surface area contributed by atoms with Gasteiger partial charge in [-0.1, -0.05) is 29.8 Å². The quantitative estimate of drug-likeness (QED) is 0.850. The monoisotopic (exact) mass is 352 g/mol. The molecule has 1 unspecified atom stereocenters. The first kappa shape index (κ1) is 16.7. The maximum atomic E-state index is 14.1. The number of para-hydroxylation sites is 1. The van der Waals surface area contributed by atoms with Crippen LogP contribution < -0.4 is 10.4 Å². The van der Waals surface area contributed by atoms with E-state index in [0.717, 1.165) is 12.1 Å². The number of halogens is 3. The van der Waals surface area contributed by atoms with E-state index in [-0.39, 0.29) is 36.0 Å². The normalized spacial score (nSPS) is 17.9. The number of rotatable bonds is 4.